The molecule has 0 saturated carbocycles. The van der Waals surface area contributed by atoms with Gasteiger partial charge in [0.25, 0.3) is 5.91 Å². The van der Waals surface area contributed by atoms with Gasteiger partial charge in [0.15, 0.2) is 5.00 Å². The van der Waals surface area contributed by atoms with E-state index in [0.29, 0.717) is 33.2 Å². The zero-order chi connectivity index (χ0) is 21.5. The van der Waals surface area contributed by atoms with Gasteiger partial charge in [-0.05, 0) is 62.6 Å². The van der Waals surface area contributed by atoms with Crippen LogP contribution in [0, 0.1) is 18.3 Å². The van der Waals surface area contributed by atoms with Crippen molar-refractivity contribution in [1.82, 2.24) is 4.37 Å². The first-order chi connectivity index (χ1) is 14.6. The number of hydrogen-bond donors (Lipinski definition) is 1. The van der Waals surface area contributed by atoms with Crippen molar-refractivity contribution < 1.29 is 4.79 Å². The fourth-order valence-electron chi connectivity index (χ4n) is 2.93. The summed E-state index contributed by atoms with van der Waals surface area (Å²) >= 11 is 1.12. The van der Waals surface area contributed by atoms with Gasteiger partial charge in [-0.15, -0.1) is 10.2 Å². The second kappa shape index (κ2) is 9.76. The van der Waals surface area contributed by atoms with Crippen LogP contribution in [0.3, 0.4) is 0 Å². The van der Waals surface area contributed by atoms with E-state index < -0.39 is 0 Å². The normalized spacial score (nSPS) is 10.7. The molecule has 7 nitrogen and oxygen atoms in total. The van der Waals surface area contributed by atoms with Crippen molar-refractivity contribution in [3.8, 4) is 6.07 Å². The minimum atomic E-state index is -0.227. The average molecular weight is 419 g/mol. The number of nitriles is 1. The monoisotopic (exact) mass is 418 g/mol. The summed E-state index contributed by atoms with van der Waals surface area (Å²) in [5.74, 6) is -0.227. The summed E-state index contributed by atoms with van der Waals surface area (Å²) in [6.07, 6.45) is 0. The van der Waals surface area contributed by atoms with E-state index >= 15 is 0 Å². The Hall–Kier alpha value is -3.57. The molecule has 0 unspecified atom stereocenters. The molecule has 0 saturated heterocycles. The number of carbonyl (C=O) groups is 1. The van der Waals surface area contributed by atoms with Crippen molar-refractivity contribution >= 4 is 39.5 Å². The molecule has 152 valence electrons. The van der Waals surface area contributed by atoms with Gasteiger partial charge in [-0.25, -0.2) is 0 Å². The van der Waals surface area contributed by atoms with Gasteiger partial charge in [-0.1, -0.05) is 18.2 Å². The summed E-state index contributed by atoms with van der Waals surface area (Å²) in [4.78, 5) is 14.9. The number of azo groups is 1. The third-order valence-electron chi connectivity index (χ3n) is 4.60. The predicted octanol–water partition coefficient (Wildman–Crippen LogP) is 5.84. The molecular formula is C22H22N6OS. The zero-order valence-corrected chi connectivity index (χ0v) is 17.9. The van der Waals surface area contributed by atoms with Crippen LogP contribution in [0.25, 0.3) is 0 Å². The standard InChI is InChI=1S/C22H22N6OS/c1-4-28(5-2)17-11-12-19(25-26-22-18(14-23)15(3)27-30-22)20(13-17)24-21(29)16-9-7-6-8-10-16/h6-13H,4-5H2,1-3H3,(H,24,29). The maximum Gasteiger partial charge on any atom is 0.255 e. The molecule has 3 aromatic rings. The van der Waals surface area contributed by atoms with E-state index in [1.54, 1.807) is 19.1 Å². The molecule has 1 heterocycles. The summed E-state index contributed by atoms with van der Waals surface area (Å²) in [7, 11) is 0. The van der Waals surface area contributed by atoms with Crippen molar-refractivity contribution in [1.29, 1.82) is 5.26 Å². The van der Waals surface area contributed by atoms with Crippen molar-refractivity contribution in [3.63, 3.8) is 0 Å². The lowest BCUT2D eigenvalue weighted by Gasteiger charge is -2.22. The number of carbonyl (C=O) groups excluding carboxylic acids is 1. The molecule has 0 fully saturated rings. The zero-order valence-electron chi connectivity index (χ0n) is 17.1. The highest BCUT2D eigenvalue weighted by Crippen LogP contribution is 2.34. The van der Waals surface area contributed by atoms with Crippen LogP contribution in [0.2, 0.25) is 0 Å². The van der Waals surface area contributed by atoms with Crippen LogP contribution in [0.4, 0.5) is 22.1 Å². The van der Waals surface area contributed by atoms with E-state index in [9.17, 15) is 10.1 Å². The third kappa shape index (κ3) is 4.70. The Kier molecular flexibility index (Phi) is 6.88. The van der Waals surface area contributed by atoms with Crippen LogP contribution < -0.4 is 10.2 Å². The van der Waals surface area contributed by atoms with Crippen LogP contribution in [0.15, 0.2) is 58.8 Å². The lowest BCUT2D eigenvalue weighted by molar-refractivity contribution is 0.102. The smallest absolute Gasteiger partial charge is 0.255 e. The minimum absolute atomic E-state index is 0.227. The van der Waals surface area contributed by atoms with Crippen LogP contribution in [-0.4, -0.2) is 23.4 Å². The van der Waals surface area contributed by atoms with Crippen molar-refractivity contribution in [2.24, 2.45) is 10.2 Å². The molecule has 1 amide bonds. The number of aromatic nitrogens is 1. The lowest BCUT2D eigenvalue weighted by atomic mass is 10.2. The number of nitrogens with zero attached hydrogens (tertiary/aromatic N) is 5. The molecule has 8 heteroatoms. The molecular weight excluding hydrogens is 396 g/mol. The number of nitrogens with one attached hydrogen (secondary N) is 1. The maximum absolute atomic E-state index is 12.7. The molecule has 2 aromatic carbocycles. The summed E-state index contributed by atoms with van der Waals surface area (Å²) < 4.78 is 4.16. The number of anilines is 2. The van der Waals surface area contributed by atoms with E-state index in [4.69, 9.17) is 0 Å². The minimum Gasteiger partial charge on any atom is -0.372 e. The molecule has 30 heavy (non-hydrogen) atoms. The molecule has 0 aliphatic heterocycles. The Morgan fingerprint density at radius 3 is 2.57 bits per heavy atom. The second-order valence-electron chi connectivity index (χ2n) is 6.45. The largest absolute Gasteiger partial charge is 0.372 e. The second-order valence-corrected chi connectivity index (χ2v) is 7.21. The molecule has 0 atom stereocenters. The van der Waals surface area contributed by atoms with Crippen molar-refractivity contribution in [3.05, 3.63) is 65.4 Å². The SMILES string of the molecule is CCN(CC)c1ccc(N=Nc2snc(C)c2C#N)c(NC(=O)c2ccccc2)c1. The molecule has 0 aliphatic carbocycles. The Labute approximate surface area is 179 Å². The van der Waals surface area contributed by atoms with E-state index in [1.807, 2.05) is 36.4 Å². The average Bonchev–Trinajstić information content (AvgIpc) is 3.14. The molecule has 0 spiro atoms. The van der Waals surface area contributed by atoms with E-state index in [2.05, 4.69) is 44.7 Å². The first kappa shape index (κ1) is 21.1. The summed E-state index contributed by atoms with van der Waals surface area (Å²) in [6, 6.07) is 16.8. The topological polar surface area (TPSA) is 93.7 Å². The molecule has 1 aromatic heterocycles. The number of benzene rings is 2. The van der Waals surface area contributed by atoms with E-state index in [-0.39, 0.29) is 5.91 Å². The molecule has 0 radical (unpaired) electrons. The van der Waals surface area contributed by atoms with Gasteiger partial charge in [0.05, 0.1) is 11.4 Å². The van der Waals surface area contributed by atoms with Crippen LogP contribution >= 0.6 is 11.5 Å². The van der Waals surface area contributed by atoms with Gasteiger partial charge < -0.3 is 10.2 Å². The fraction of sp³-hybridized carbons (Fsp3) is 0.227. The summed E-state index contributed by atoms with van der Waals surface area (Å²) in [5.41, 5.74) is 3.64. The number of rotatable bonds is 7. The molecule has 0 bridgehead atoms. The van der Waals surface area contributed by atoms with E-state index in [1.165, 1.54) is 0 Å². The highest BCUT2D eigenvalue weighted by atomic mass is 32.1. The predicted molar refractivity (Wildman–Crippen MR) is 120 cm³/mol. The Morgan fingerprint density at radius 2 is 1.90 bits per heavy atom. The summed E-state index contributed by atoms with van der Waals surface area (Å²) in [5, 5.41) is 21.2. The quantitative estimate of drug-likeness (QED) is 0.488. The fourth-order valence-corrected chi connectivity index (χ4v) is 3.61. The van der Waals surface area contributed by atoms with E-state index in [0.717, 1.165) is 30.3 Å². The first-order valence-corrected chi connectivity index (χ1v) is 10.4. The van der Waals surface area contributed by atoms with Crippen LogP contribution in [0.5, 0.6) is 0 Å². The lowest BCUT2D eigenvalue weighted by Crippen LogP contribution is -2.22. The van der Waals surface area contributed by atoms with Gasteiger partial charge in [0, 0.05) is 24.3 Å². The Bertz CT molecular complexity index is 1100. The maximum atomic E-state index is 12.7. The molecule has 3 rings (SSSR count). The van der Waals surface area contributed by atoms with Gasteiger partial charge in [-0.3, -0.25) is 4.79 Å². The summed E-state index contributed by atoms with van der Waals surface area (Å²) in [6.45, 7) is 7.60. The highest BCUT2D eigenvalue weighted by molar-refractivity contribution is 7.10. The number of amides is 1. The number of hydrogen-bond acceptors (Lipinski definition) is 7. The van der Waals surface area contributed by atoms with Gasteiger partial charge in [0.1, 0.15) is 17.3 Å². The highest BCUT2D eigenvalue weighted by Gasteiger charge is 2.13. The molecule has 0 aliphatic rings. The van der Waals surface area contributed by atoms with Gasteiger partial charge in [0.2, 0.25) is 0 Å². The Morgan fingerprint density at radius 1 is 1.17 bits per heavy atom. The van der Waals surface area contributed by atoms with Crippen molar-refractivity contribution in [2.75, 3.05) is 23.3 Å². The third-order valence-corrected chi connectivity index (χ3v) is 5.42. The number of aryl methyl sites for hydroxylation is 1. The van der Waals surface area contributed by atoms with Gasteiger partial charge in [-0.2, -0.15) is 9.64 Å². The van der Waals surface area contributed by atoms with Crippen LogP contribution in [-0.2, 0) is 0 Å². The van der Waals surface area contributed by atoms with Gasteiger partial charge >= 0.3 is 0 Å². The molecule has 1 N–H and O–H groups in total. The Balaban J connectivity index is 1.98. The van der Waals surface area contributed by atoms with Crippen LogP contribution in [0.1, 0.15) is 35.5 Å². The van der Waals surface area contributed by atoms with Crippen molar-refractivity contribution in [2.45, 2.75) is 20.8 Å². The first-order valence-electron chi connectivity index (χ1n) is 9.60.